The Hall–Kier alpha value is -0.860. The van der Waals surface area contributed by atoms with Crippen LogP contribution in [-0.2, 0) is 0 Å². The molecule has 2 aromatic rings. The Morgan fingerprint density at radius 2 is 2.08 bits per heavy atom. The second-order valence-corrected chi connectivity index (χ2v) is 3.88. The Morgan fingerprint density at radius 1 is 1.31 bits per heavy atom. The van der Waals surface area contributed by atoms with Gasteiger partial charge in [0.2, 0.25) is 0 Å². The molecule has 0 spiro atoms. The first kappa shape index (κ1) is 8.73. The molecule has 1 nitrogen and oxygen atoms in total. The number of hydrogen-bond donors (Lipinski definition) is 1. The molecule has 13 heavy (non-hydrogen) atoms. The SMILES string of the molecule is Cc1cc(=S)[nH]c2ccc(Cl)cc12. The molecule has 0 aliphatic carbocycles. The number of halogens is 1. The van der Waals surface area contributed by atoms with E-state index in [1.165, 1.54) is 0 Å². The fourth-order valence-corrected chi connectivity index (χ4v) is 1.85. The number of hydrogen-bond acceptors (Lipinski definition) is 1. The molecule has 0 saturated carbocycles. The van der Waals surface area contributed by atoms with Gasteiger partial charge in [0.1, 0.15) is 4.64 Å². The molecule has 1 aromatic carbocycles. The number of rotatable bonds is 0. The molecule has 0 radical (unpaired) electrons. The maximum atomic E-state index is 5.89. The molecule has 0 unspecified atom stereocenters. The summed E-state index contributed by atoms with van der Waals surface area (Å²) in [5, 5.41) is 1.88. The molecule has 0 bridgehead atoms. The molecule has 0 aliphatic rings. The van der Waals surface area contributed by atoms with Crippen LogP contribution in [0.1, 0.15) is 5.56 Å². The Kier molecular flexibility index (Phi) is 2.10. The molecule has 0 aliphatic heterocycles. The van der Waals surface area contributed by atoms with E-state index in [-0.39, 0.29) is 0 Å². The van der Waals surface area contributed by atoms with E-state index in [9.17, 15) is 0 Å². The van der Waals surface area contributed by atoms with Gasteiger partial charge in [-0.25, -0.2) is 0 Å². The lowest BCUT2D eigenvalue weighted by Crippen LogP contribution is -1.83. The summed E-state index contributed by atoms with van der Waals surface area (Å²) in [6.45, 7) is 2.03. The molecule has 1 N–H and O–H groups in total. The van der Waals surface area contributed by atoms with Crippen molar-refractivity contribution in [2.75, 3.05) is 0 Å². The molecule has 3 heteroatoms. The lowest BCUT2D eigenvalue weighted by molar-refractivity contribution is 1.34. The maximum Gasteiger partial charge on any atom is 0.103 e. The normalized spacial score (nSPS) is 10.6. The van der Waals surface area contributed by atoms with E-state index in [1.54, 1.807) is 0 Å². The topological polar surface area (TPSA) is 15.8 Å². The van der Waals surface area contributed by atoms with Crippen LogP contribution in [0.4, 0.5) is 0 Å². The van der Waals surface area contributed by atoms with E-state index in [4.69, 9.17) is 23.8 Å². The van der Waals surface area contributed by atoms with Crippen molar-refractivity contribution in [1.29, 1.82) is 0 Å². The van der Waals surface area contributed by atoms with Crippen molar-refractivity contribution in [3.63, 3.8) is 0 Å². The van der Waals surface area contributed by atoms with Gasteiger partial charge in [-0.1, -0.05) is 23.8 Å². The second-order valence-electron chi connectivity index (χ2n) is 3.01. The van der Waals surface area contributed by atoms with Crippen molar-refractivity contribution in [2.24, 2.45) is 0 Å². The highest BCUT2D eigenvalue weighted by Crippen LogP contribution is 2.20. The predicted octanol–water partition coefficient (Wildman–Crippen LogP) is 3.86. The Bertz CT molecular complexity index is 516. The summed E-state index contributed by atoms with van der Waals surface area (Å²) in [5.41, 5.74) is 2.19. The van der Waals surface area contributed by atoms with E-state index in [0.29, 0.717) is 0 Å². The van der Waals surface area contributed by atoms with Gasteiger partial charge >= 0.3 is 0 Å². The van der Waals surface area contributed by atoms with E-state index >= 15 is 0 Å². The minimum atomic E-state index is 0.751. The number of aromatic nitrogens is 1. The fourth-order valence-electron chi connectivity index (χ4n) is 1.39. The summed E-state index contributed by atoms with van der Waals surface area (Å²) in [6, 6.07) is 7.68. The first-order valence-corrected chi connectivity index (χ1v) is 4.74. The molecule has 0 atom stereocenters. The third-order valence-corrected chi connectivity index (χ3v) is 2.47. The zero-order chi connectivity index (χ0) is 9.42. The van der Waals surface area contributed by atoms with E-state index in [0.717, 1.165) is 26.1 Å². The Balaban J connectivity index is 2.95. The van der Waals surface area contributed by atoms with Gasteiger partial charge in [0, 0.05) is 15.9 Å². The zero-order valence-corrected chi connectivity index (χ0v) is 8.67. The molecule has 1 aromatic heterocycles. The van der Waals surface area contributed by atoms with E-state index in [1.807, 2.05) is 31.2 Å². The van der Waals surface area contributed by atoms with Crippen molar-refractivity contribution in [3.8, 4) is 0 Å². The number of aromatic amines is 1. The lowest BCUT2D eigenvalue weighted by Gasteiger charge is -2.02. The number of benzene rings is 1. The fraction of sp³-hybridized carbons (Fsp3) is 0.100. The lowest BCUT2D eigenvalue weighted by atomic mass is 10.1. The molecule has 0 fully saturated rings. The van der Waals surface area contributed by atoms with E-state index < -0.39 is 0 Å². The third-order valence-electron chi connectivity index (χ3n) is 2.01. The molecule has 2 rings (SSSR count). The van der Waals surface area contributed by atoms with Crippen molar-refractivity contribution in [2.45, 2.75) is 6.92 Å². The predicted molar refractivity (Wildman–Crippen MR) is 58.9 cm³/mol. The molecule has 1 heterocycles. The Labute approximate surface area is 86.4 Å². The van der Waals surface area contributed by atoms with Crippen molar-refractivity contribution >= 4 is 34.7 Å². The van der Waals surface area contributed by atoms with Crippen molar-refractivity contribution in [3.05, 3.63) is 39.5 Å². The average Bonchev–Trinajstić information content (AvgIpc) is 2.06. The zero-order valence-electron chi connectivity index (χ0n) is 7.10. The van der Waals surface area contributed by atoms with Gasteiger partial charge in [0.05, 0.1) is 0 Å². The van der Waals surface area contributed by atoms with Crippen LogP contribution in [0.2, 0.25) is 5.02 Å². The largest absolute Gasteiger partial charge is 0.346 e. The van der Waals surface area contributed by atoms with Gasteiger partial charge in [-0.3, -0.25) is 0 Å². The van der Waals surface area contributed by atoms with Crippen LogP contribution >= 0.6 is 23.8 Å². The van der Waals surface area contributed by atoms with Crippen LogP contribution in [0, 0.1) is 11.6 Å². The standard InChI is InChI=1S/C10H8ClNS/c1-6-4-10(13)12-9-3-2-7(11)5-8(6)9/h2-5H,1H3,(H,12,13). The van der Waals surface area contributed by atoms with Gasteiger partial charge in [0.25, 0.3) is 0 Å². The minimum Gasteiger partial charge on any atom is -0.346 e. The summed E-state index contributed by atoms with van der Waals surface area (Å²) in [6.07, 6.45) is 0. The molecule has 0 amide bonds. The van der Waals surface area contributed by atoms with Crippen molar-refractivity contribution in [1.82, 2.24) is 4.98 Å². The third kappa shape index (κ3) is 1.60. The van der Waals surface area contributed by atoms with Crippen molar-refractivity contribution < 1.29 is 0 Å². The highest BCUT2D eigenvalue weighted by Gasteiger charge is 1.98. The van der Waals surface area contributed by atoms with E-state index in [2.05, 4.69) is 4.98 Å². The summed E-state index contributed by atoms with van der Waals surface area (Å²) in [7, 11) is 0. The highest BCUT2D eigenvalue weighted by molar-refractivity contribution is 7.71. The second kappa shape index (κ2) is 3.13. The first-order chi connectivity index (χ1) is 6.16. The van der Waals surface area contributed by atoms with Gasteiger partial charge in [-0.05, 0) is 36.8 Å². The van der Waals surface area contributed by atoms with Crippen LogP contribution in [-0.4, -0.2) is 4.98 Å². The maximum absolute atomic E-state index is 5.89. The molecular formula is C10H8ClNS. The molecule has 0 saturated heterocycles. The number of H-pyrrole nitrogens is 1. The highest BCUT2D eigenvalue weighted by atomic mass is 35.5. The summed E-state index contributed by atoms with van der Waals surface area (Å²) in [4.78, 5) is 3.11. The van der Waals surface area contributed by atoms with Crippen LogP contribution in [0.25, 0.3) is 10.9 Å². The van der Waals surface area contributed by atoms with Crippen LogP contribution < -0.4 is 0 Å². The minimum absolute atomic E-state index is 0.751. The number of aryl methyl sites for hydroxylation is 1. The van der Waals surface area contributed by atoms with Crippen LogP contribution in [0.15, 0.2) is 24.3 Å². The monoisotopic (exact) mass is 209 g/mol. The average molecular weight is 210 g/mol. The molecule has 66 valence electrons. The summed E-state index contributed by atoms with van der Waals surface area (Å²) in [5.74, 6) is 0. The Morgan fingerprint density at radius 3 is 2.85 bits per heavy atom. The quantitative estimate of drug-likeness (QED) is 0.652. The van der Waals surface area contributed by atoms with Gasteiger partial charge in [-0.15, -0.1) is 0 Å². The van der Waals surface area contributed by atoms with Gasteiger partial charge in [0.15, 0.2) is 0 Å². The number of nitrogens with one attached hydrogen (secondary N) is 1. The van der Waals surface area contributed by atoms with Crippen LogP contribution in [0.5, 0.6) is 0 Å². The first-order valence-electron chi connectivity index (χ1n) is 3.96. The van der Waals surface area contributed by atoms with Gasteiger partial charge in [-0.2, -0.15) is 0 Å². The van der Waals surface area contributed by atoms with Crippen LogP contribution in [0.3, 0.4) is 0 Å². The smallest absolute Gasteiger partial charge is 0.103 e. The number of fused-ring (bicyclic) bond motifs is 1. The molecular weight excluding hydrogens is 202 g/mol. The number of pyridine rings is 1. The summed E-state index contributed by atoms with van der Waals surface area (Å²) >= 11 is 11.0. The van der Waals surface area contributed by atoms with Gasteiger partial charge < -0.3 is 4.98 Å². The summed E-state index contributed by atoms with van der Waals surface area (Å²) < 4.78 is 0.757.